The van der Waals surface area contributed by atoms with Crippen LogP contribution in [0.3, 0.4) is 0 Å². The maximum Gasteiger partial charge on any atom is 0.269 e. The SMILES string of the molecule is O=C(C=Cc1ccc([N+](=O)[O-])cc1)c1cc2ccccc2o1. The van der Waals surface area contributed by atoms with Crippen LogP contribution in [0.5, 0.6) is 0 Å². The Bertz CT molecular complexity index is 842. The molecule has 0 fully saturated rings. The van der Waals surface area contributed by atoms with Gasteiger partial charge in [0.2, 0.25) is 5.78 Å². The lowest BCUT2D eigenvalue weighted by Crippen LogP contribution is -1.90. The molecule has 0 aliphatic rings. The van der Waals surface area contributed by atoms with Gasteiger partial charge >= 0.3 is 0 Å². The third-order valence-corrected chi connectivity index (χ3v) is 3.20. The molecule has 0 radical (unpaired) electrons. The molecule has 0 N–H and O–H groups in total. The van der Waals surface area contributed by atoms with Gasteiger partial charge in [-0.05, 0) is 35.9 Å². The quantitative estimate of drug-likeness (QED) is 0.312. The van der Waals surface area contributed by atoms with Gasteiger partial charge in [0.15, 0.2) is 5.76 Å². The molecule has 22 heavy (non-hydrogen) atoms. The van der Waals surface area contributed by atoms with Crippen LogP contribution in [-0.2, 0) is 0 Å². The first-order valence-corrected chi connectivity index (χ1v) is 6.59. The number of carbonyl (C=O) groups excluding carboxylic acids is 1. The Balaban J connectivity index is 1.79. The van der Waals surface area contributed by atoms with Gasteiger partial charge in [-0.2, -0.15) is 0 Å². The standard InChI is InChI=1S/C17H11NO4/c19-15(17-11-13-3-1-2-4-16(13)22-17)10-7-12-5-8-14(9-6-12)18(20)21/h1-11H. The van der Waals surface area contributed by atoms with Crippen LogP contribution >= 0.6 is 0 Å². The first kappa shape index (κ1) is 13.8. The maximum absolute atomic E-state index is 12.1. The Morgan fingerprint density at radius 2 is 1.82 bits per heavy atom. The molecule has 0 saturated carbocycles. The van der Waals surface area contributed by atoms with Crippen molar-refractivity contribution in [2.75, 3.05) is 0 Å². The number of nitrogens with zero attached hydrogens (tertiary/aromatic N) is 1. The van der Waals surface area contributed by atoms with Crippen molar-refractivity contribution in [1.82, 2.24) is 0 Å². The zero-order valence-electron chi connectivity index (χ0n) is 11.4. The number of non-ortho nitro benzene ring substituents is 1. The average Bonchev–Trinajstić information content (AvgIpc) is 2.97. The second-order valence-electron chi connectivity index (χ2n) is 4.69. The van der Waals surface area contributed by atoms with Crippen LogP contribution in [0.15, 0.2) is 65.1 Å². The van der Waals surface area contributed by atoms with E-state index in [1.54, 1.807) is 30.3 Å². The molecular formula is C17H11NO4. The van der Waals surface area contributed by atoms with Gasteiger partial charge in [0.25, 0.3) is 5.69 Å². The molecule has 0 saturated heterocycles. The summed E-state index contributed by atoms with van der Waals surface area (Å²) in [6.07, 6.45) is 2.98. The van der Waals surface area contributed by atoms with Crippen LogP contribution < -0.4 is 0 Å². The number of allylic oxidation sites excluding steroid dienone is 1. The van der Waals surface area contributed by atoms with E-state index in [0.29, 0.717) is 11.1 Å². The van der Waals surface area contributed by atoms with Crippen molar-refractivity contribution < 1.29 is 14.1 Å². The number of para-hydroxylation sites is 1. The largest absolute Gasteiger partial charge is 0.453 e. The van der Waals surface area contributed by atoms with E-state index in [1.807, 2.05) is 18.2 Å². The zero-order chi connectivity index (χ0) is 15.5. The summed E-state index contributed by atoms with van der Waals surface area (Å²) in [6, 6.07) is 15.0. The molecule has 3 aromatic rings. The summed E-state index contributed by atoms with van der Waals surface area (Å²) in [6.45, 7) is 0. The van der Waals surface area contributed by atoms with E-state index >= 15 is 0 Å². The van der Waals surface area contributed by atoms with Crippen LogP contribution in [0, 0.1) is 10.1 Å². The number of nitro groups is 1. The van der Waals surface area contributed by atoms with Crippen LogP contribution in [-0.4, -0.2) is 10.7 Å². The Labute approximate surface area is 125 Å². The first-order chi connectivity index (χ1) is 10.6. The topological polar surface area (TPSA) is 73.3 Å². The van der Waals surface area contributed by atoms with Gasteiger partial charge in [0.05, 0.1) is 4.92 Å². The van der Waals surface area contributed by atoms with Gasteiger partial charge in [0.1, 0.15) is 5.58 Å². The predicted molar refractivity (Wildman–Crippen MR) is 82.7 cm³/mol. The number of hydrogen-bond donors (Lipinski definition) is 0. The Morgan fingerprint density at radius 1 is 1.09 bits per heavy atom. The lowest BCUT2D eigenvalue weighted by Gasteiger charge is -1.93. The second-order valence-corrected chi connectivity index (χ2v) is 4.69. The first-order valence-electron chi connectivity index (χ1n) is 6.59. The summed E-state index contributed by atoms with van der Waals surface area (Å²) in [5, 5.41) is 11.4. The van der Waals surface area contributed by atoms with Crippen molar-refractivity contribution in [3.63, 3.8) is 0 Å². The van der Waals surface area contributed by atoms with Crippen molar-refractivity contribution in [3.05, 3.63) is 82.1 Å². The monoisotopic (exact) mass is 293 g/mol. The van der Waals surface area contributed by atoms with E-state index in [9.17, 15) is 14.9 Å². The second kappa shape index (κ2) is 5.65. The molecular weight excluding hydrogens is 282 g/mol. The molecule has 0 aliphatic carbocycles. The highest BCUT2D eigenvalue weighted by atomic mass is 16.6. The van der Waals surface area contributed by atoms with E-state index in [0.717, 1.165) is 5.39 Å². The highest BCUT2D eigenvalue weighted by Crippen LogP contribution is 2.20. The smallest absolute Gasteiger partial charge is 0.269 e. The van der Waals surface area contributed by atoms with Gasteiger partial charge in [0, 0.05) is 17.5 Å². The number of hydrogen-bond acceptors (Lipinski definition) is 4. The summed E-state index contributed by atoms with van der Waals surface area (Å²) in [4.78, 5) is 22.2. The molecule has 108 valence electrons. The van der Waals surface area contributed by atoms with E-state index in [1.165, 1.54) is 18.2 Å². The molecule has 1 aromatic heterocycles. The number of fused-ring (bicyclic) bond motifs is 1. The van der Waals surface area contributed by atoms with Gasteiger partial charge in [-0.25, -0.2) is 0 Å². The number of carbonyl (C=O) groups is 1. The van der Waals surface area contributed by atoms with Crippen molar-refractivity contribution in [1.29, 1.82) is 0 Å². The molecule has 5 nitrogen and oxygen atoms in total. The van der Waals surface area contributed by atoms with E-state index in [2.05, 4.69) is 0 Å². The van der Waals surface area contributed by atoms with E-state index < -0.39 is 4.92 Å². The van der Waals surface area contributed by atoms with Crippen LogP contribution in [0.25, 0.3) is 17.0 Å². The van der Waals surface area contributed by atoms with Crippen LogP contribution in [0.1, 0.15) is 16.1 Å². The fraction of sp³-hybridized carbons (Fsp3) is 0. The zero-order valence-corrected chi connectivity index (χ0v) is 11.4. The average molecular weight is 293 g/mol. The molecule has 0 unspecified atom stereocenters. The van der Waals surface area contributed by atoms with E-state index in [-0.39, 0.29) is 17.2 Å². The Kier molecular flexibility index (Phi) is 3.53. The van der Waals surface area contributed by atoms with Crippen molar-refractivity contribution in [3.8, 4) is 0 Å². The summed E-state index contributed by atoms with van der Waals surface area (Å²) < 4.78 is 5.48. The number of furan rings is 1. The molecule has 5 heteroatoms. The van der Waals surface area contributed by atoms with Gasteiger partial charge in [-0.1, -0.05) is 24.3 Å². The van der Waals surface area contributed by atoms with Gasteiger partial charge in [-0.3, -0.25) is 14.9 Å². The predicted octanol–water partition coefficient (Wildman–Crippen LogP) is 4.24. The number of benzene rings is 2. The molecule has 2 aromatic carbocycles. The fourth-order valence-corrected chi connectivity index (χ4v) is 2.06. The minimum Gasteiger partial charge on any atom is -0.453 e. The molecule has 0 atom stereocenters. The summed E-state index contributed by atoms with van der Waals surface area (Å²) in [5.74, 6) is 0.00825. The van der Waals surface area contributed by atoms with Crippen molar-refractivity contribution >= 4 is 28.5 Å². The summed E-state index contributed by atoms with van der Waals surface area (Å²) >= 11 is 0. The lowest BCUT2D eigenvalue weighted by atomic mass is 10.1. The van der Waals surface area contributed by atoms with Crippen molar-refractivity contribution in [2.24, 2.45) is 0 Å². The minimum absolute atomic E-state index is 0.0146. The summed E-state index contributed by atoms with van der Waals surface area (Å²) in [5.41, 5.74) is 1.38. The van der Waals surface area contributed by atoms with Crippen LogP contribution in [0.2, 0.25) is 0 Å². The number of nitro benzene ring substituents is 1. The normalized spacial score (nSPS) is 11.1. The molecule has 0 bridgehead atoms. The Morgan fingerprint density at radius 3 is 2.50 bits per heavy atom. The molecule has 0 aliphatic heterocycles. The maximum atomic E-state index is 12.1. The Hall–Kier alpha value is -3.21. The molecule has 3 rings (SSSR count). The van der Waals surface area contributed by atoms with Crippen molar-refractivity contribution in [2.45, 2.75) is 0 Å². The van der Waals surface area contributed by atoms with Gasteiger partial charge in [-0.15, -0.1) is 0 Å². The summed E-state index contributed by atoms with van der Waals surface area (Å²) in [7, 11) is 0. The number of ketones is 1. The fourth-order valence-electron chi connectivity index (χ4n) is 2.06. The third-order valence-electron chi connectivity index (χ3n) is 3.20. The van der Waals surface area contributed by atoms with Crippen LogP contribution in [0.4, 0.5) is 5.69 Å². The molecule has 0 spiro atoms. The van der Waals surface area contributed by atoms with Gasteiger partial charge < -0.3 is 4.42 Å². The van der Waals surface area contributed by atoms with E-state index in [4.69, 9.17) is 4.42 Å². The number of rotatable bonds is 4. The lowest BCUT2D eigenvalue weighted by molar-refractivity contribution is -0.384. The highest BCUT2D eigenvalue weighted by molar-refractivity contribution is 6.06. The minimum atomic E-state index is -0.465. The molecule has 1 heterocycles. The highest BCUT2D eigenvalue weighted by Gasteiger charge is 2.09. The molecule has 0 amide bonds. The third kappa shape index (κ3) is 2.78.